The highest BCUT2D eigenvalue weighted by molar-refractivity contribution is 5.94. The molecule has 4 rings (SSSR count). The third-order valence-corrected chi connectivity index (χ3v) is 4.93. The van der Waals surface area contributed by atoms with Crippen molar-refractivity contribution in [2.75, 3.05) is 19.0 Å². The van der Waals surface area contributed by atoms with E-state index >= 15 is 0 Å². The average molecular weight is 395 g/mol. The van der Waals surface area contributed by atoms with Crippen molar-refractivity contribution in [1.82, 2.24) is 9.78 Å². The van der Waals surface area contributed by atoms with E-state index in [9.17, 15) is 9.18 Å². The van der Waals surface area contributed by atoms with Gasteiger partial charge < -0.3 is 14.8 Å². The average Bonchev–Trinajstić information content (AvgIpc) is 3.15. The van der Waals surface area contributed by atoms with E-state index < -0.39 is 0 Å². The van der Waals surface area contributed by atoms with Crippen LogP contribution in [0.1, 0.15) is 36.8 Å². The second kappa shape index (κ2) is 7.95. The van der Waals surface area contributed by atoms with Gasteiger partial charge in [-0.15, -0.1) is 0 Å². The smallest absolute Gasteiger partial charge is 0.226 e. The Labute approximate surface area is 168 Å². The van der Waals surface area contributed by atoms with E-state index in [1.807, 2.05) is 25.1 Å². The number of fused-ring (bicyclic) bond motifs is 1. The van der Waals surface area contributed by atoms with Gasteiger partial charge in [-0.2, -0.15) is 5.10 Å². The fraction of sp³-hybridized carbons (Fsp3) is 0.273. The maximum atomic E-state index is 13.7. The second-order valence-corrected chi connectivity index (χ2v) is 6.87. The number of aromatic nitrogens is 2. The molecular weight excluding hydrogens is 373 g/mol. The highest BCUT2D eigenvalue weighted by Gasteiger charge is 2.33. The first-order chi connectivity index (χ1) is 14.1. The molecule has 0 aliphatic carbocycles. The molecule has 2 aromatic carbocycles. The van der Waals surface area contributed by atoms with Crippen molar-refractivity contribution in [3.63, 3.8) is 0 Å². The van der Waals surface area contributed by atoms with Crippen molar-refractivity contribution in [3.05, 3.63) is 65.6 Å². The molecular formula is C22H22FN3O3. The van der Waals surface area contributed by atoms with Crippen molar-refractivity contribution in [3.8, 4) is 17.2 Å². The molecule has 0 bridgehead atoms. The molecule has 2 heterocycles. The van der Waals surface area contributed by atoms with Gasteiger partial charge in [-0.05, 0) is 30.7 Å². The summed E-state index contributed by atoms with van der Waals surface area (Å²) in [4.78, 5) is 12.5. The molecule has 1 unspecified atom stereocenters. The van der Waals surface area contributed by atoms with Crippen LogP contribution >= 0.6 is 0 Å². The summed E-state index contributed by atoms with van der Waals surface area (Å²) in [5, 5.41) is 7.30. The maximum Gasteiger partial charge on any atom is 0.226 e. The number of ether oxygens (including phenoxy) is 2. The minimum atomic E-state index is -0.367. The van der Waals surface area contributed by atoms with E-state index in [0.29, 0.717) is 29.6 Å². The van der Waals surface area contributed by atoms with Crippen LogP contribution in [0.15, 0.2) is 48.7 Å². The van der Waals surface area contributed by atoms with Gasteiger partial charge in [0.1, 0.15) is 11.6 Å². The number of benzene rings is 2. The molecule has 7 heteroatoms. The van der Waals surface area contributed by atoms with Crippen molar-refractivity contribution >= 4 is 11.7 Å². The lowest BCUT2D eigenvalue weighted by Gasteiger charge is -2.26. The zero-order chi connectivity index (χ0) is 20.4. The second-order valence-electron chi connectivity index (χ2n) is 6.87. The Balaban J connectivity index is 1.82. The van der Waals surface area contributed by atoms with Crippen molar-refractivity contribution in [1.29, 1.82) is 0 Å². The molecule has 0 radical (unpaired) electrons. The molecule has 29 heavy (non-hydrogen) atoms. The summed E-state index contributed by atoms with van der Waals surface area (Å²) in [6, 6.07) is 11.8. The lowest BCUT2D eigenvalue weighted by atomic mass is 9.86. The van der Waals surface area contributed by atoms with E-state index in [4.69, 9.17) is 9.47 Å². The molecule has 0 spiro atoms. The number of halogens is 1. The fourth-order valence-corrected chi connectivity index (χ4v) is 3.63. The summed E-state index contributed by atoms with van der Waals surface area (Å²) in [7, 11) is 1.60. The molecule has 0 saturated heterocycles. The van der Waals surface area contributed by atoms with Crippen LogP contribution < -0.4 is 14.8 Å². The molecule has 3 aromatic rings. The quantitative estimate of drug-likeness (QED) is 0.677. The maximum absolute atomic E-state index is 13.7. The summed E-state index contributed by atoms with van der Waals surface area (Å²) in [6.45, 7) is 2.58. The number of methoxy groups -OCH3 is 1. The van der Waals surface area contributed by atoms with Crippen LogP contribution in [-0.2, 0) is 4.79 Å². The number of nitrogens with zero attached hydrogens (tertiary/aromatic N) is 2. The van der Waals surface area contributed by atoms with Crippen LogP contribution in [0.25, 0.3) is 5.69 Å². The number of carbonyl (C=O) groups is 1. The molecule has 1 atom stereocenters. The van der Waals surface area contributed by atoms with Gasteiger partial charge >= 0.3 is 0 Å². The predicted octanol–water partition coefficient (Wildman–Crippen LogP) is 4.28. The summed E-state index contributed by atoms with van der Waals surface area (Å²) >= 11 is 0. The largest absolute Gasteiger partial charge is 0.493 e. The topological polar surface area (TPSA) is 65.4 Å². The van der Waals surface area contributed by atoms with E-state index in [2.05, 4.69) is 10.4 Å². The number of hydrogen-bond acceptors (Lipinski definition) is 4. The fourth-order valence-electron chi connectivity index (χ4n) is 3.63. The Morgan fingerprint density at radius 3 is 2.83 bits per heavy atom. The Morgan fingerprint density at radius 1 is 1.24 bits per heavy atom. The zero-order valence-corrected chi connectivity index (χ0v) is 16.3. The van der Waals surface area contributed by atoms with Gasteiger partial charge in [0, 0.05) is 23.5 Å². The number of para-hydroxylation sites is 1. The molecule has 1 aliphatic rings. The number of nitrogens with one attached hydrogen (secondary N) is 1. The summed E-state index contributed by atoms with van der Waals surface area (Å²) in [5.74, 6) is 1.06. The standard InChI is InChI=1S/C22H22FN3O3/c1-3-10-29-21-16(8-5-9-19(21)28-2)17-12-20(27)25-22-18(17)13-24-26(22)15-7-4-6-14(23)11-15/h4-9,11,13,17H,3,10,12H2,1-2H3,(H,25,27). The van der Waals surface area contributed by atoms with Crippen LogP contribution in [0, 0.1) is 5.82 Å². The van der Waals surface area contributed by atoms with Crippen molar-refractivity contribution in [2.45, 2.75) is 25.7 Å². The Morgan fingerprint density at radius 2 is 2.07 bits per heavy atom. The Kier molecular flexibility index (Phi) is 5.20. The van der Waals surface area contributed by atoms with Gasteiger partial charge in [0.05, 0.1) is 25.6 Å². The molecule has 1 N–H and O–H groups in total. The highest BCUT2D eigenvalue weighted by atomic mass is 19.1. The van der Waals surface area contributed by atoms with Gasteiger partial charge in [0.15, 0.2) is 11.5 Å². The molecule has 6 nitrogen and oxygen atoms in total. The molecule has 1 aromatic heterocycles. The summed E-state index contributed by atoms with van der Waals surface area (Å²) < 4.78 is 26.7. The van der Waals surface area contributed by atoms with Gasteiger partial charge in [0.2, 0.25) is 5.91 Å². The van der Waals surface area contributed by atoms with Crippen LogP contribution in [0.2, 0.25) is 0 Å². The van der Waals surface area contributed by atoms with E-state index in [0.717, 1.165) is 17.5 Å². The molecule has 1 aliphatic heterocycles. The Hall–Kier alpha value is -3.35. The number of rotatable bonds is 6. The number of hydrogen-bond donors (Lipinski definition) is 1. The predicted molar refractivity (Wildman–Crippen MR) is 107 cm³/mol. The van der Waals surface area contributed by atoms with E-state index in [1.165, 1.54) is 12.1 Å². The van der Waals surface area contributed by atoms with Gasteiger partial charge in [-0.1, -0.05) is 25.1 Å². The number of anilines is 1. The van der Waals surface area contributed by atoms with Gasteiger partial charge in [-0.25, -0.2) is 9.07 Å². The monoisotopic (exact) mass is 395 g/mol. The summed E-state index contributed by atoms with van der Waals surface area (Å²) in [6.07, 6.45) is 2.83. The SMILES string of the molecule is CCCOc1c(OC)cccc1C1CC(=O)Nc2c1cnn2-c1cccc(F)c1. The molecule has 0 fully saturated rings. The zero-order valence-electron chi connectivity index (χ0n) is 16.3. The minimum absolute atomic E-state index is 0.134. The first-order valence-corrected chi connectivity index (χ1v) is 9.55. The van der Waals surface area contributed by atoms with Crippen LogP contribution in [0.5, 0.6) is 11.5 Å². The lowest BCUT2D eigenvalue weighted by molar-refractivity contribution is -0.116. The molecule has 0 saturated carbocycles. The van der Waals surface area contributed by atoms with Crippen LogP contribution in [0.3, 0.4) is 0 Å². The van der Waals surface area contributed by atoms with Gasteiger partial charge in [0.25, 0.3) is 0 Å². The van der Waals surface area contributed by atoms with E-state index in [1.54, 1.807) is 30.1 Å². The first kappa shape index (κ1) is 19.0. The minimum Gasteiger partial charge on any atom is -0.493 e. The molecule has 150 valence electrons. The highest BCUT2D eigenvalue weighted by Crippen LogP contribution is 2.44. The third-order valence-electron chi connectivity index (χ3n) is 4.93. The lowest BCUT2D eigenvalue weighted by Crippen LogP contribution is -2.25. The van der Waals surface area contributed by atoms with E-state index in [-0.39, 0.29) is 24.1 Å². The number of amides is 1. The van der Waals surface area contributed by atoms with Crippen LogP contribution in [0.4, 0.5) is 10.2 Å². The first-order valence-electron chi connectivity index (χ1n) is 9.55. The van der Waals surface area contributed by atoms with Gasteiger partial charge in [-0.3, -0.25) is 4.79 Å². The summed E-state index contributed by atoms with van der Waals surface area (Å²) in [5.41, 5.74) is 2.26. The normalized spacial score (nSPS) is 15.6. The third kappa shape index (κ3) is 3.55. The number of carbonyl (C=O) groups excluding carboxylic acids is 1. The van der Waals surface area contributed by atoms with Crippen molar-refractivity contribution < 1.29 is 18.7 Å². The molecule has 1 amide bonds. The Bertz CT molecular complexity index is 1050. The van der Waals surface area contributed by atoms with Crippen molar-refractivity contribution in [2.24, 2.45) is 0 Å². The van der Waals surface area contributed by atoms with Crippen LogP contribution in [-0.4, -0.2) is 29.4 Å².